The molecule has 2 rings (SSSR count). The number of aromatic nitrogens is 3. The zero-order valence-electron chi connectivity index (χ0n) is 9.11. The van der Waals surface area contributed by atoms with Gasteiger partial charge in [-0.2, -0.15) is 14.8 Å². The first kappa shape index (κ1) is 9.92. The maximum absolute atomic E-state index is 5.46. The van der Waals surface area contributed by atoms with E-state index < -0.39 is 0 Å². The summed E-state index contributed by atoms with van der Waals surface area (Å²) in [5.74, 6) is 0. The van der Waals surface area contributed by atoms with Gasteiger partial charge in [-0.1, -0.05) is 0 Å². The zero-order chi connectivity index (χ0) is 11.0. The highest BCUT2D eigenvalue weighted by Crippen LogP contribution is 2.16. The molecule has 0 saturated carbocycles. The third kappa shape index (κ3) is 1.55. The van der Waals surface area contributed by atoms with E-state index in [9.17, 15) is 0 Å². The van der Waals surface area contributed by atoms with Crippen molar-refractivity contribution in [1.82, 2.24) is 14.8 Å². The van der Waals surface area contributed by atoms with Crippen LogP contribution in [0.25, 0.3) is 6.01 Å². The van der Waals surface area contributed by atoms with Crippen molar-refractivity contribution in [3.05, 3.63) is 28.9 Å². The third-order valence-corrected chi connectivity index (χ3v) is 2.58. The third-order valence-electron chi connectivity index (χ3n) is 2.58. The summed E-state index contributed by atoms with van der Waals surface area (Å²) in [6.45, 7) is 6.36. The molecule has 5 nitrogen and oxygen atoms in total. The van der Waals surface area contributed by atoms with Crippen molar-refractivity contribution in [1.29, 1.82) is 0 Å². The molecule has 2 aromatic rings. The van der Waals surface area contributed by atoms with Gasteiger partial charge < -0.3 is 10.2 Å². The minimum Gasteiger partial charge on any atom is -0.430 e. The van der Waals surface area contributed by atoms with E-state index in [1.165, 1.54) is 0 Å². The first-order valence-electron chi connectivity index (χ1n) is 4.81. The number of rotatable bonds is 2. The molecule has 0 aliphatic carbocycles. The lowest BCUT2D eigenvalue weighted by Crippen LogP contribution is -2.01. The van der Waals surface area contributed by atoms with Gasteiger partial charge in [0.2, 0.25) is 0 Å². The fourth-order valence-corrected chi connectivity index (χ4v) is 1.39. The van der Waals surface area contributed by atoms with Gasteiger partial charge in [-0.25, -0.2) is 0 Å². The molecular weight excluding hydrogens is 192 g/mol. The molecule has 0 aliphatic heterocycles. The normalized spacial score (nSPS) is 10.9. The summed E-state index contributed by atoms with van der Waals surface area (Å²) in [5.41, 5.74) is 9.37. The summed E-state index contributed by atoms with van der Waals surface area (Å²) in [6.07, 6.45) is 1.56. The van der Waals surface area contributed by atoms with Gasteiger partial charge in [0, 0.05) is 12.2 Å². The van der Waals surface area contributed by atoms with E-state index in [4.69, 9.17) is 10.2 Å². The Kier molecular flexibility index (Phi) is 2.32. The minimum atomic E-state index is 0.377. The Bertz CT molecular complexity index is 484. The fraction of sp³-hybridized carbons (Fsp3) is 0.400. The van der Waals surface area contributed by atoms with Crippen LogP contribution in [0.5, 0.6) is 0 Å². The Morgan fingerprint density at radius 2 is 2.13 bits per heavy atom. The number of hydrogen-bond donors (Lipinski definition) is 1. The quantitative estimate of drug-likeness (QED) is 0.802. The highest BCUT2D eigenvalue weighted by molar-refractivity contribution is 5.27. The van der Waals surface area contributed by atoms with Crippen LogP contribution in [0.4, 0.5) is 0 Å². The van der Waals surface area contributed by atoms with Crippen molar-refractivity contribution in [2.24, 2.45) is 5.73 Å². The molecule has 2 aromatic heterocycles. The van der Waals surface area contributed by atoms with E-state index in [0.717, 1.165) is 22.6 Å². The molecule has 0 saturated heterocycles. The molecule has 15 heavy (non-hydrogen) atoms. The summed E-state index contributed by atoms with van der Waals surface area (Å²) in [4.78, 5) is 4.22. The number of nitrogens with zero attached hydrogens (tertiary/aromatic N) is 3. The largest absolute Gasteiger partial charge is 0.430 e. The highest BCUT2D eigenvalue weighted by atomic mass is 16.4. The molecule has 2 heterocycles. The van der Waals surface area contributed by atoms with Gasteiger partial charge in [0.25, 0.3) is 0 Å². The predicted molar refractivity (Wildman–Crippen MR) is 55.7 cm³/mol. The standard InChI is InChI=1S/C10H14N4O/c1-6-7(2)13-14(8(6)3)10-12-9(4-11)5-15-10/h5H,4,11H2,1-3H3. The number of hydrogen-bond acceptors (Lipinski definition) is 4. The van der Waals surface area contributed by atoms with Crippen LogP contribution < -0.4 is 5.73 Å². The van der Waals surface area contributed by atoms with Gasteiger partial charge in [0.1, 0.15) is 6.26 Å². The van der Waals surface area contributed by atoms with Gasteiger partial charge in [0.15, 0.2) is 0 Å². The van der Waals surface area contributed by atoms with Crippen molar-refractivity contribution in [2.45, 2.75) is 27.3 Å². The fourth-order valence-electron chi connectivity index (χ4n) is 1.39. The molecule has 0 bridgehead atoms. The second kappa shape index (κ2) is 3.51. The second-order valence-electron chi connectivity index (χ2n) is 3.53. The molecule has 0 aliphatic rings. The van der Waals surface area contributed by atoms with Crippen LogP contribution in [0.15, 0.2) is 10.7 Å². The average Bonchev–Trinajstić information content (AvgIpc) is 2.79. The van der Waals surface area contributed by atoms with Crippen LogP contribution in [-0.2, 0) is 6.54 Å². The smallest absolute Gasteiger partial charge is 0.323 e. The molecule has 0 unspecified atom stereocenters. The minimum absolute atomic E-state index is 0.377. The number of aryl methyl sites for hydroxylation is 1. The summed E-state index contributed by atoms with van der Waals surface area (Å²) in [6, 6.07) is 0.476. The Balaban J connectivity index is 2.49. The second-order valence-corrected chi connectivity index (χ2v) is 3.53. The summed E-state index contributed by atoms with van der Waals surface area (Å²) in [7, 11) is 0. The molecule has 80 valence electrons. The van der Waals surface area contributed by atoms with E-state index >= 15 is 0 Å². The number of nitrogens with two attached hydrogens (primary N) is 1. The molecule has 0 fully saturated rings. The maximum Gasteiger partial charge on any atom is 0.323 e. The lowest BCUT2D eigenvalue weighted by Gasteiger charge is -1.96. The van der Waals surface area contributed by atoms with Crippen LogP contribution in [0, 0.1) is 20.8 Å². The maximum atomic E-state index is 5.46. The molecule has 2 N–H and O–H groups in total. The van der Waals surface area contributed by atoms with Gasteiger partial charge in [-0.15, -0.1) is 0 Å². The van der Waals surface area contributed by atoms with E-state index in [0.29, 0.717) is 12.6 Å². The van der Waals surface area contributed by atoms with Crippen molar-refractivity contribution < 1.29 is 4.42 Å². The van der Waals surface area contributed by atoms with Crippen molar-refractivity contribution >= 4 is 0 Å². The molecule has 0 spiro atoms. The topological polar surface area (TPSA) is 69.9 Å². The molecule has 5 heteroatoms. The van der Waals surface area contributed by atoms with E-state index in [2.05, 4.69) is 10.1 Å². The molecule has 0 amide bonds. The first-order chi connectivity index (χ1) is 7.13. The van der Waals surface area contributed by atoms with Crippen LogP contribution in [-0.4, -0.2) is 14.8 Å². The van der Waals surface area contributed by atoms with E-state index in [-0.39, 0.29) is 0 Å². The van der Waals surface area contributed by atoms with Gasteiger partial charge in [-0.05, 0) is 26.3 Å². The number of oxazole rings is 1. The predicted octanol–water partition coefficient (Wildman–Crippen LogP) is 1.24. The van der Waals surface area contributed by atoms with Crippen molar-refractivity contribution in [3.8, 4) is 6.01 Å². The Morgan fingerprint density at radius 3 is 2.60 bits per heavy atom. The van der Waals surface area contributed by atoms with Gasteiger partial charge in [-0.3, -0.25) is 0 Å². The summed E-state index contributed by atoms with van der Waals surface area (Å²) >= 11 is 0. The molecule has 0 atom stereocenters. The molecule has 0 aromatic carbocycles. The van der Waals surface area contributed by atoms with Crippen LogP contribution in [0.2, 0.25) is 0 Å². The average molecular weight is 206 g/mol. The van der Waals surface area contributed by atoms with Crippen molar-refractivity contribution in [3.63, 3.8) is 0 Å². The lowest BCUT2D eigenvalue weighted by atomic mass is 10.2. The lowest BCUT2D eigenvalue weighted by molar-refractivity contribution is 0.504. The van der Waals surface area contributed by atoms with Gasteiger partial charge >= 0.3 is 6.01 Å². The zero-order valence-corrected chi connectivity index (χ0v) is 9.11. The van der Waals surface area contributed by atoms with Crippen LogP contribution >= 0.6 is 0 Å². The summed E-state index contributed by atoms with van der Waals surface area (Å²) < 4.78 is 7.00. The van der Waals surface area contributed by atoms with E-state index in [1.54, 1.807) is 10.9 Å². The SMILES string of the molecule is Cc1nn(-c2nc(CN)co2)c(C)c1C. The van der Waals surface area contributed by atoms with Crippen LogP contribution in [0.3, 0.4) is 0 Å². The molecular formula is C10H14N4O. The highest BCUT2D eigenvalue weighted by Gasteiger charge is 2.12. The Hall–Kier alpha value is -1.62. The first-order valence-corrected chi connectivity index (χ1v) is 4.81. The molecule has 0 radical (unpaired) electrons. The van der Waals surface area contributed by atoms with Crippen molar-refractivity contribution in [2.75, 3.05) is 0 Å². The van der Waals surface area contributed by atoms with E-state index in [1.807, 2.05) is 20.8 Å². The van der Waals surface area contributed by atoms with Gasteiger partial charge in [0.05, 0.1) is 11.4 Å². The Labute approximate surface area is 87.9 Å². The summed E-state index contributed by atoms with van der Waals surface area (Å²) in [5, 5.41) is 4.35. The van der Waals surface area contributed by atoms with Crippen LogP contribution in [0.1, 0.15) is 22.6 Å². The monoisotopic (exact) mass is 206 g/mol. The Morgan fingerprint density at radius 1 is 1.40 bits per heavy atom.